The lowest BCUT2D eigenvalue weighted by atomic mass is 10.2. The molecule has 0 bridgehead atoms. The Morgan fingerprint density at radius 1 is 1.35 bits per heavy atom. The van der Waals surface area contributed by atoms with Crippen molar-refractivity contribution in [3.8, 4) is 11.5 Å². The minimum atomic E-state index is 0.468. The molecule has 4 heteroatoms. The number of allylic oxidation sites excluding steroid dienone is 1. The van der Waals surface area contributed by atoms with Crippen LogP contribution in [0.1, 0.15) is 24.2 Å². The van der Waals surface area contributed by atoms with E-state index in [1.807, 2.05) is 26.0 Å². The van der Waals surface area contributed by atoms with Crippen LogP contribution in [0.5, 0.6) is 11.5 Å². The molecular weight excluding hydrogens is 284 g/mol. The Bertz CT molecular complexity index is 413. The van der Waals surface area contributed by atoms with Gasteiger partial charge in [0.1, 0.15) is 12.9 Å². The van der Waals surface area contributed by atoms with Crippen molar-refractivity contribution in [1.29, 1.82) is 0 Å². The lowest BCUT2D eigenvalue weighted by Crippen LogP contribution is -2.01. The van der Waals surface area contributed by atoms with Gasteiger partial charge in [-0.3, -0.25) is 4.79 Å². The molecule has 1 aromatic carbocycles. The predicted molar refractivity (Wildman–Crippen MR) is 71.0 cm³/mol. The van der Waals surface area contributed by atoms with E-state index < -0.39 is 0 Å². The van der Waals surface area contributed by atoms with E-state index in [4.69, 9.17) is 9.47 Å². The third kappa shape index (κ3) is 3.89. The van der Waals surface area contributed by atoms with Gasteiger partial charge in [0.05, 0.1) is 11.1 Å². The Balaban J connectivity index is 3.02. The summed E-state index contributed by atoms with van der Waals surface area (Å²) in [5, 5.41) is 0. The lowest BCUT2D eigenvalue weighted by molar-refractivity contribution is 0.112. The SMILES string of the molecule is C/C=C/COc1c(Br)cc(C=O)cc1OCC. The van der Waals surface area contributed by atoms with Crippen molar-refractivity contribution in [1.82, 2.24) is 0 Å². The zero-order valence-corrected chi connectivity index (χ0v) is 11.5. The van der Waals surface area contributed by atoms with Crippen molar-refractivity contribution in [3.63, 3.8) is 0 Å². The first-order valence-corrected chi connectivity index (χ1v) is 6.17. The van der Waals surface area contributed by atoms with Crippen molar-refractivity contribution < 1.29 is 14.3 Å². The first-order chi connectivity index (χ1) is 8.22. The van der Waals surface area contributed by atoms with E-state index in [1.54, 1.807) is 12.1 Å². The molecule has 0 aliphatic carbocycles. The number of carbonyl (C=O) groups is 1. The Morgan fingerprint density at radius 3 is 2.71 bits per heavy atom. The van der Waals surface area contributed by atoms with Gasteiger partial charge in [-0.05, 0) is 41.9 Å². The van der Waals surface area contributed by atoms with Gasteiger partial charge in [0.15, 0.2) is 11.5 Å². The van der Waals surface area contributed by atoms with Crippen LogP contribution in [-0.4, -0.2) is 19.5 Å². The third-order valence-electron chi connectivity index (χ3n) is 2.03. The fourth-order valence-electron chi connectivity index (χ4n) is 1.29. The Labute approximate surface area is 110 Å². The molecule has 0 atom stereocenters. The van der Waals surface area contributed by atoms with Crippen LogP contribution >= 0.6 is 15.9 Å². The monoisotopic (exact) mass is 298 g/mol. The number of aldehydes is 1. The molecule has 1 rings (SSSR count). The van der Waals surface area contributed by atoms with E-state index >= 15 is 0 Å². The number of benzene rings is 1. The van der Waals surface area contributed by atoms with Crippen molar-refractivity contribution in [2.75, 3.05) is 13.2 Å². The average Bonchev–Trinajstić information content (AvgIpc) is 2.32. The number of ether oxygens (including phenoxy) is 2. The van der Waals surface area contributed by atoms with E-state index in [0.29, 0.717) is 30.3 Å². The lowest BCUT2D eigenvalue weighted by Gasteiger charge is -2.13. The van der Waals surface area contributed by atoms with Crippen molar-refractivity contribution in [2.45, 2.75) is 13.8 Å². The standard InChI is InChI=1S/C13H15BrO3/c1-3-5-6-17-13-11(14)7-10(9-15)8-12(13)16-4-2/h3,5,7-9H,4,6H2,1-2H3/b5-3+. The minimum absolute atomic E-state index is 0.468. The highest BCUT2D eigenvalue weighted by Gasteiger charge is 2.11. The molecule has 17 heavy (non-hydrogen) atoms. The summed E-state index contributed by atoms with van der Waals surface area (Å²) in [5.41, 5.74) is 0.554. The van der Waals surface area contributed by atoms with Crippen LogP contribution in [0.3, 0.4) is 0 Å². The molecule has 0 aliphatic rings. The van der Waals surface area contributed by atoms with E-state index in [0.717, 1.165) is 10.8 Å². The Hall–Kier alpha value is -1.29. The fraction of sp³-hybridized carbons (Fsp3) is 0.308. The summed E-state index contributed by atoms with van der Waals surface area (Å²) in [6.45, 7) is 4.80. The maximum atomic E-state index is 10.8. The van der Waals surface area contributed by atoms with Crippen LogP contribution in [0.25, 0.3) is 0 Å². The highest BCUT2D eigenvalue weighted by Crippen LogP contribution is 2.36. The number of carbonyl (C=O) groups excluding carboxylic acids is 1. The van der Waals surface area contributed by atoms with Gasteiger partial charge in [-0.2, -0.15) is 0 Å². The highest BCUT2D eigenvalue weighted by atomic mass is 79.9. The molecule has 0 unspecified atom stereocenters. The van der Waals surface area contributed by atoms with Gasteiger partial charge < -0.3 is 9.47 Å². The molecule has 0 amide bonds. The summed E-state index contributed by atoms with van der Waals surface area (Å²) in [6, 6.07) is 3.38. The molecule has 0 aliphatic heterocycles. The van der Waals surface area contributed by atoms with Crippen LogP contribution < -0.4 is 9.47 Å². The molecule has 0 aromatic heterocycles. The smallest absolute Gasteiger partial charge is 0.175 e. The van der Waals surface area contributed by atoms with E-state index in [2.05, 4.69) is 15.9 Å². The second-order valence-corrected chi connectivity index (χ2v) is 4.12. The van der Waals surface area contributed by atoms with Gasteiger partial charge >= 0.3 is 0 Å². The number of halogens is 1. The van der Waals surface area contributed by atoms with Gasteiger partial charge in [0.2, 0.25) is 0 Å². The second kappa shape index (κ2) is 7.12. The topological polar surface area (TPSA) is 35.5 Å². The quantitative estimate of drug-likeness (QED) is 0.594. The van der Waals surface area contributed by atoms with Crippen LogP contribution in [0.2, 0.25) is 0 Å². The first kappa shape index (κ1) is 13.8. The average molecular weight is 299 g/mol. The third-order valence-corrected chi connectivity index (χ3v) is 2.62. The first-order valence-electron chi connectivity index (χ1n) is 5.38. The summed E-state index contributed by atoms with van der Waals surface area (Å²) < 4.78 is 11.8. The maximum absolute atomic E-state index is 10.8. The van der Waals surface area contributed by atoms with E-state index in [1.165, 1.54) is 0 Å². The zero-order valence-electron chi connectivity index (χ0n) is 9.90. The number of rotatable bonds is 6. The predicted octanol–water partition coefficient (Wildman–Crippen LogP) is 3.62. The molecule has 0 radical (unpaired) electrons. The normalized spacial score (nSPS) is 10.5. The van der Waals surface area contributed by atoms with Crippen molar-refractivity contribution >= 4 is 22.2 Å². The summed E-state index contributed by atoms with van der Waals surface area (Å²) in [6.07, 6.45) is 4.59. The van der Waals surface area contributed by atoms with Gasteiger partial charge in [0, 0.05) is 5.56 Å². The summed E-state index contributed by atoms with van der Waals surface area (Å²) >= 11 is 3.37. The van der Waals surface area contributed by atoms with Crippen LogP contribution in [0, 0.1) is 0 Å². The summed E-state index contributed by atoms with van der Waals surface area (Å²) in [7, 11) is 0. The van der Waals surface area contributed by atoms with Gasteiger partial charge in [-0.1, -0.05) is 12.2 Å². The molecule has 0 fully saturated rings. The molecule has 3 nitrogen and oxygen atoms in total. The van der Waals surface area contributed by atoms with Gasteiger partial charge in [-0.25, -0.2) is 0 Å². The molecule has 0 N–H and O–H groups in total. The van der Waals surface area contributed by atoms with Gasteiger partial charge in [0.25, 0.3) is 0 Å². The maximum Gasteiger partial charge on any atom is 0.175 e. The van der Waals surface area contributed by atoms with Crippen molar-refractivity contribution in [2.24, 2.45) is 0 Å². The van der Waals surface area contributed by atoms with Gasteiger partial charge in [-0.15, -0.1) is 0 Å². The molecular formula is C13H15BrO3. The Kier molecular flexibility index (Phi) is 5.77. The molecule has 0 spiro atoms. The van der Waals surface area contributed by atoms with E-state index in [-0.39, 0.29) is 0 Å². The van der Waals surface area contributed by atoms with Crippen molar-refractivity contribution in [3.05, 3.63) is 34.3 Å². The Morgan fingerprint density at radius 2 is 2.12 bits per heavy atom. The molecule has 0 saturated heterocycles. The molecule has 92 valence electrons. The summed E-state index contributed by atoms with van der Waals surface area (Å²) in [4.78, 5) is 10.8. The zero-order chi connectivity index (χ0) is 12.7. The number of hydrogen-bond acceptors (Lipinski definition) is 3. The van der Waals surface area contributed by atoms with Crippen LogP contribution in [-0.2, 0) is 0 Å². The number of hydrogen-bond donors (Lipinski definition) is 0. The molecule has 0 heterocycles. The summed E-state index contributed by atoms with van der Waals surface area (Å²) in [5.74, 6) is 1.20. The van der Waals surface area contributed by atoms with E-state index in [9.17, 15) is 4.79 Å². The molecule has 1 aromatic rings. The largest absolute Gasteiger partial charge is 0.490 e. The minimum Gasteiger partial charge on any atom is -0.490 e. The van der Waals surface area contributed by atoms with Crippen LogP contribution in [0.15, 0.2) is 28.8 Å². The highest BCUT2D eigenvalue weighted by molar-refractivity contribution is 9.10. The van der Waals surface area contributed by atoms with Crippen LogP contribution in [0.4, 0.5) is 0 Å². The fourth-order valence-corrected chi connectivity index (χ4v) is 1.86. The second-order valence-electron chi connectivity index (χ2n) is 3.26. The molecule has 0 saturated carbocycles.